The van der Waals surface area contributed by atoms with Crippen molar-refractivity contribution in [3.8, 4) is 5.75 Å². The van der Waals surface area contributed by atoms with Gasteiger partial charge in [0.2, 0.25) is 0 Å². The number of methoxy groups -OCH3 is 1. The Kier molecular flexibility index (Phi) is 6.05. The molecule has 0 atom stereocenters. The van der Waals surface area contributed by atoms with Gasteiger partial charge >= 0.3 is 0 Å². The minimum Gasteiger partial charge on any atom is -0.496 e. The summed E-state index contributed by atoms with van der Waals surface area (Å²) in [6.07, 6.45) is 1.05. The molecular weight excluding hydrogens is 268 g/mol. The minimum atomic E-state index is 0.683. The third-order valence-corrected chi connectivity index (χ3v) is 4.18. The maximum absolute atomic E-state index is 5.73. The van der Waals surface area contributed by atoms with E-state index in [0.29, 0.717) is 6.54 Å². The van der Waals surface area contributed by atoms with Crippen LogP contribution in [0.3, 0.4) is 0 Å². The normalized spacial score (nSPS) is 10.9. The van der Waals surface area contributed by atoms with Crippen molar-refractivity contribution in [2.45, 2.75) is 13.0 Å². The van der Waals surface area contributed by atoms with E-state index in [-0.39, 0.29) is 0 Å². The number of hydrogen-bond donors (Lipinski definition) is 1. The van der Waals surface area contributed by atoms with Crippen molar-refractivity contribution in [2.75, 3.05) is 26.7 Å². The SMILES string of the molecule is COc1ccsc1CN(CCN)CCc1ccccc1. The quantitative estimate of drug-likeness (QED) is 0.812. The van der Waals surface area contributed by atoms with E-state index >= 15 is 0 Å². The van der Waals surface area contributed by atoms with Crippen LogP contribution in [0.4, 0.5) is 0 Å². The molecule has 1 aromatic heterocycles. The van der Waals surface area contributed by atoms with Gasteiger partial charge in [-0.2, -0.15) is 0 Å². The Hall–Kier alpha value is -1.36. The fraction of sp³-hybridized carbons (Fsp3) is 0.375. The van der Waals surface area contributed by atoms with Crippen LogP contribution in [-0.4, -0.2) is 31.6 Å². The zero-order valence-corrected chi connectivity index (χ0v) is 12.7. The summed E-state index contributed by atoms with van der Waals surface area (Å²) in [5.74, 6) is 0.983. The lowest BCUT2D eigenvalue weighted by Gasteiger charge is -2.21. The Morgan fingerprint density at radius 1 is 1.15 bits per heavy atom. The topological polar surface area (TPSA) is 38.5 Å². The summed E-state index contributed by atoms with van der Waals surface area (Å²) in [4.78, 5) is 3.66. The summed E-state index contributed by atoms with van der Waals surface area (Å²) in [6.45, 7) is 3.52. The molecule has 0 aliphatic carbocycles. The molecule has 0 fully saturated rings. The van der Waals surface area contributed by atoms with Crippen LogP contribution in [0.5, 0.6) is 5.75 Å². The Bertz CT molecular complexity index is 498. The van der Waals surface area contributed by atoms with Crippen LogP contribution in [0.25, 0.3) is 0 Å². The van der Waals surface area contributed by atoms with Gasteiger partial charge in [-0.1, -0.05) is 30.3 Å². The highest BCUT2D eigenvalue weighted by molar-refractivity contribution is 7.10. The number of thiophene rings is 1. The molecule has 0 amide bonds. The molecule has 1 aromatic carbocycles. The molecule has 2 aromatic rings. The summed E-state index contributed by atoms with van der Waals surface area (Å²) in [5, 5.41) is 2.08. The average Bonchev–Trinajstić information content (AvgIpc) is 2.93. The van der Waals surface area contributed by atoms with E-state index in [9.17, 15) is 0 Å². The van der Waals surface area contributed by atoms with Gasteiger partial charge in [0, 0.05) is 26.2 Å². The summed E-state index contributed by atoms with van der Waals surface area (Å²) < 4.78 is 5.38. The van der Waals surface area contributed by atoms with Gasteiger partial charge in [0.15, 0.2) is 0 Å². The summed E-state index contributed by atoms with van der Waals surface area (Å²) >= 11 is 1.74. The highest BCUT2D eigenvalue weighted by atomic mass is 32.1. The second-order valence-corrected chi connectivity index (χ2v) is 5.71. The van der Waals surface area contributed by atoms with Crippen molar-refractivity contribution in [2.24, 2.45) is 5.73 Å². The van der Waals surface area contributed by atoms with E-state index in [4.69, 9.17) is 10.5 Å². The lowest BCUT2D eigenvalue weighted by atomic mass is 10.1. The fourth-order valence-corrected chi connectivity index (χ4v) is 3.09. The summed E-state index contributed by atoms with van der Waals surface area (Å²) in [7, 11) is 1.72. The molecule has 0 saturated carbocycles. The molecule has 2 rings (SSSR count). The Balaban J connectivity index is 1.93. The smallest absolute Gasteiger partial charge is 0.134 e. The number of nitrogens with two attached hydrogens (primary N) is 1. The maximum Gasteiger partial charge on any atom is 0.134 e. The summed E-state index contributed by atoms with van der Waals surface area (Å²) in [6, 6.07) is 12.6. The van der Waals surface area contributed by atoms with Crippen LogP contribution < -0.4 is 10.5 Å². The third kappa shape index (κ3) is 4.34. The van der Waals surface area contributed by atoms with Gasteiger partial charge in [0.25, 0.3) is 0 Å². The van der Waals surface area contributed by atoms with Gasteiger partial charge in [-0.15, -0.1) is 11.3 Å². The van der Waals surface area contributed by atoms with Gasteiger partial charge in [-0.05, 0) is 23.4 Å². The van der Waals surface area contributed by atoms with Crippen LogP contribution in [0.1, 0.15) is 10.4 Å². The monoisotopic (exact) mass is 290 g/mol. The van der Waals surface area contributed by atoms with Crippen LogP contribution in [0.2, 0.25) is 0 Å². The molecule has 3 nitrogen and oxygen atoms in total. The third-order valence-electron chi connectivity index (χ3n) is 3.30. The predicted octanol–water partition coefficient (Wildman–Crippen LogP) is 2.76. The minimum absolute atomic E-state index is 0.683. The molecule has 1 heterocycles. The van der Waals surface area contributed by atoms with Crippen LogP contribution in [0.15, 0.2) is 41.8 Å². The highest BCUT2D eigenvalue weighted by Gasteiger charge is 2.10. The number of benzene rings is 1. The Morgan fingerprint density at radius 2 is 1.95 bits per heavy atom. The molecular formula is C16H22N2OS. The molecule has 4 heteroatoms. The van der Waals surface area contributed by atoms with Crippen molar-refractivity contribution >= 4 is 11.3 Å². The lowest BCUT2D eigenvalue weighted by molar-refractivity contribution is 0.274. The van der Waals surface area contributed by atoms with E-state index in [1.807, 2.05) is 6.07 Å². The Labute approximate surface area is 125 Å². The first-order valence-corrected chi connectivity index (χ1v) is 7.78. The van der Waals surface area contributed by atoms with Crippen molar-refractivity contribution < 1.29 is 4.74 Å². The first-order chi connectivity index (χ1) is 9.83. The molecule has 20 heavy (non-hydrogen) atoms. The van der Waals surface area contributed by atoms with Crippen molar-refractivity contribution in [1.29, 1.82) is 0 Å². The van der Waals surface area contributed by atoms with E-state index in [1.54, 1.807) is 18.4 Å². The fourth-order valence-electron chi connectivity index (χ4n) is 2.21. The standard InChI is InChI=1S/C16H22N2OS/c1-19-15-8-12-20-16(15)13-18(11-9-17)10-7-14-5-3-2-4-6-14/h2-6,8,12H,7,9-11,13,17H2,1H3. The van der Waals surface area contributed by atoms with Crippen LogP contribution in [-0.2, 0) is 13.0 Å². The van der Waals surface area contributed by atoms with E-state index in [2.05, 4.69) is 40.6 Å². The predicted molar refractivity (Wildman–Crippen MR) is 85.3 cm³/mol. The summed E-state index contributed by atoms with van der Waals surface area (Å²) in [5.41, 5.74) is 7.10. The molecule has 0 spiro atoms. The van der Waals surface area contributed by atoms with Gasteiger partial charge in [-0.25, -0.2) is 0 Å². The van der Waals surface area contributed by atoms with Gasteiger partial charge < -0.3 is 10.5 Å². The first kappa shape index (κ1) is 15.0. The van der Waals surface area contributed by atoms with E-state index in [1.165, 1.54) is 10.4 Å². The molecule has 0 radical (unpaired) electrons. The average molecular weight is 290 g/mol. The second-order valence-electron chi connectivity index (χ2n) is 4.71. The van der Waals surface area contributed by atoms with E-state index < -0.39 is 0 Å². The molecule has 108 valence electrons. The highest BCUT2D eigenvalue weighted by Crippen LogP contribution is 2.25. The van der Waals surface area contributed by atoms with Crippen molar-refractivity contribution in [3.05, 3.63) is 52.2 Å². The molecule has 0 aliphatic heterocycles. The van der Waals surface area contributed by atoms with Gasteiger partial charge in [0.1, 0.15) is 5.75 Å². The number of ether oxygens (including phenoxy) is 1. The second kappa shape index (κ2) is 8.04. The number of rotatable bonds is 8. The van der Waals surface area contributed by atoms with E-state index in [0.717, 1.165) is 31.8 Å². The molecule has 0 aliphatic rings. The molecule has 2 N–H and O–H groups in total. The lowest BCUT2D eigenvalue weighted by Crippen LogP contribution is -2.30. The first-order valence-electron chi connectivity index (χ1n) is 6.90. The molecule has 0 saturated heterocycles. The van der Waals surface area contributed by atoms with Crippen molar-refractivity contribution in [3.63, 3.8) is 0 Å². The van der Waals surface area contributed by atoms with Gasteiger partial charge in [-0.3, -0.25) is 4.90 Å². The molecule has 0 unspecified atom stereocenters. The largest absolute Gasteiger partial charge is 0.496 e. The van der Waals surface area contributed by atoms with Crippen molar-refractivity contribution in [1.82, 2.24) is 4.90 Å². The Morgan fingerprint density at radius 3 is 2.65 bits per heavy atom. The molecule has 0 bridgehead atoms. The zero-order valence-electron chi connectivity index (χ0n) is 11.9. The number of nitrogens with zero attached hydrogens (tertiary/aromatic N) is 1. The van der Waals surface area contributed by atoms with Crippen LogP contribution in [0, 0.1) is 0 Å². The maximum atomic E-state index is 5.73. The van der Waals surface area contributed by atoms with Crippen LogP contribution >= 0.6 is 11.3 Å². The number of hydrogen-bond acceptors (Lipinski definition) is 4. The van der Waals surface area contributed by atoms with Gasteiger partial charge in [0.05, 0.1) is 12.0 Å². The zero-order chi connectivity index (χ0) is 14.2.